The highest BCUT2D eigenvalue weighted by Gasteiger charge is 2.12. The number of nitrogens with zero attached hydrogens (tertiary/aromatic N) is 4. The molecule has 1 heterocycles. The molecule has 0 spiro atoms. The van der Waals surface area contributed by atoms with Gasteiger partial charge in [-0.25, -0.2) is 4.57 Å². The van der Waals surface area contributed by atoms with Gasteiger partial charge in [-0.05, 0) is 58.8 Å². The average molecular weight is 449 g/mol. The van der Waals surface area contributed by atoms with Crippen LogP contribution in [0.5, 0.6) is 0 Å². The van der Waals surface area contributed by atoms with E-state index in [-0.39, 0.29) is 12.4 Å². The number of benzene rings is 3. The van der Waals surface area contributed by atoms with E-state index < -0.39 is 0 Å². The third-order valence-electron chi connectivity index (χ3n) is 5.05. The molecular formula is C25H25ClN4S. The molecule has 0 saturated carbocycles. The first-order chi connectivity index (χ1) is 14.7. The highest BCUT2D eigenvalue weighted by molar-refractivity contribution is 7.12. The van der Waals surface area contributed by atoms with Gasteiger partial charge >= 0.3 is 5.13 Å². The van der Waals surface area contributed by atoms with Crippen LogP contribution in [0.3, 0.4) is 0 Å². The van der Waals surface area contributed by atoms with Crippen LogP contribution >= 0.6 is 11.3 Å². The van der Waals surface area contributed by atoms with Crippen molar-refractivity contribution in [3.05, 3.63) is 107 Å². The summed E-state index contributed by atoms with van der Waals surface area (Å²) in [5.74, 6) is 0. The maximum Gasteiger partial charge on any atom is 0.408 e. The largest absolute Gasteiger partial charge is 1.00 e. The Hall–Kier alpha value is -3.02. The molecule has 0 atom stereocenters. The number of hydrogen-bond acceptors (Lipinski definition) is 4. The van der Waals surface area contributed by atoms with Crippen LogP contribution in [0.2, 0.25) is 0 Å². The van der Waals surface area contributed by atoms with Crippen molar-refractivity contribution in [3.8, 4) is 0 Å². The second kappa shape index (κ2) is 10.8. The van der Waals surface area contributed by atoms with E-state index in [0.717, 1.165) is 23.9 Å². The summed E-state index contributed by atoms with van der Waals surface area (Å²) in [6.45, 7) is 3.76. The van der Waals surface area contributed by atoms with Crippen molar-refractivity contribution in [2.24, 2.45) is 17.3 Å². The topological polar surface area (TPSA) is 31.8 Å². The van der Waals surface area contributed by atoms with Crippen molar-refractivity contribution in [2.45, 2.75) is 20.0 Å². The highest BCUT2D eigenvalue weighted by atomic mass is 35.5. The predicted molar refractivity (Wildman–Crippen MR) is 124 cm³/mol. The number of anilines is 1. The second-order valence-corrected chi connectivity index (χ2v) is 8.10. The van der Waals surface area contributed by atoms with Crippen LogP contribution in [-0.2, 0) is 20.1 Å². The molecule has 0 aliphatic heterocycles. The number of halogens is 1. The Bertz CT molecular complexity index is 1070. The Labute approximate surface area is 193 Å². The lowest BCUT2D eigenvalue weighted by molar-refractivity contribution is -0.660. The molecule has 31 heavy (non-hydrogen) atoms. The molecule has 0 bridgehead atoms. The summed E-state index contributed by atoms with van der Waals surface area (Å²) in [5, 5.41) is 11.8. The number of hydrogen-bond donors (Lipinski definition) is 0. The van der Waals surface area contributed by atoms with Gasteiger partial charge in [0.2, 0.25) is 0 Å². The Morgan fingerprint density at radius 2 is 1.32 bits per heavy atom. The van der Waals surface area contributed by atoms with Gasteiger partial charge in [-0.2, -0.15) is 0 Å². The lowest BCUT2D eigenvalue weighted by atomic mass is 10.1. The number of thiazole rings is 1. The molecule has 4 rings (SSSR count). The smallest absolute Gasteiger partial charge is 0.408 e. The Morgan fingerprint density at radius 1 is 0.774 bits per heavy atom. The second-order valence-electron chi connectivity index (χ2n) is 7.26. The van der Waals surface area contributed by atoms with E-state index in [0.29, 0.717) is 0 Å². The zero-order valence-electron chi connectivity index (χ0n) is 17.6. The summed E-state index contributed by atoms with van der Waals surface area (Å²) < 4.78 is 2.05. The summed E-state index contributed by atoms with van der Waals surface area (Å²) in [6.07, 6.45) is 0. The monoisotopic (exact) mass is 448 g/mol. The molecule has 4 aromatic rings. The minimum atomic E-state index is 0. The first kappa shape index (κ1) is 22.7. The summed E-state index contributed by atoms with van der Waals surface area (Å²) in [7, 11) is 2.01. The fourth-order valence-corrected chi connectivity index (χ4v) is 4.04. The zero-order chi connectivity index (χ0) is 20.8. The van der Waals surface area contributed by atoms with E-state index in [1.54, 1.807) is 11.3 Å². The van der Waals surface area contributed by atoms with Crippen molar-refractivity contribution >= 4 is 27.8 Å². The molecule has 158 valence electrons. The molecule has 0 amide bonds. The highest BCUT2D eigenvalue weighted by Crippen LogP contribution is 2.25. The van der Waals surface area contributed by atoms with Crippen LogP contribution in [-0.4, -0.2) is 0 Å². The van der Waals surface area contributed by atoms with Gasteiger partial charge in [-0.15, -0.1) is 0 Å². The van der Waals surface area contributed by atoms with Gasteiger partial charge in [0.25, 0.3) is 0 Å². The fourth-order valence-electron chi connectivity index (χ4n) is 3.21. The fraction of sp³-hybridized carbons (Fsp3) is 0.160. The van der Waals surface area contributed by atoms with Gasteiger partial charge < -0.3 is 17.3 Å². The molecule has 0 unspecified atom stereocenters. The minimum absolute atomic E-state index is 0. The van der Waals surface area contributed by atoms with E-state index in [4.69, 9.17) is 0 Å². The summed E-state index contributed by atoms with van der Waals surface area (Å²) in [4.78, 5) is 2.38. The van der Waals surface area contributed by atoms with Gasteiger partial charge in [0.05, 0.1) is 12.2 Å². The third-order valence-corrected chi connectivity index (χ3v) is 6.07. The van der Waals surface area contributed by atoms with Gasteiger partial charge in [-0.3, -0.25) is 0 Å². The van der Waals surface area contributed by atoms with Gasteiger partial charge in [-0.1, -0.05) is 60.7 Å². The molecule has 3 aromatic carbocycles. The SMILES string of the molecule is Cc1csc(/N=N/c2ccc(N(Cc3ccccc3)Cc3ccccc3)cc2)[n+]1C.[Cl-]. The number of aryl methyl sites for hydroxylation is 1. The average Bonchev–Trinajstić information content (AvgIpc) is 3.11. The van der Waals surface area contributed by atoms with Gasteiger partial charge in [0, 0.05) is 24.2 Å². The molecule has 0 aliphatic rings. The maximum absolute atomic E-state index is 4.42. The van der Waals surface area contributed by atoms with Crippen LogP contribution in [0, 0.1) is 6.92 Å². The molecule has 0 fully saturated rings. The zero-order valence-corrected chi connectivity index (χ0v) is 19.2. The Morgan fingerprint density at radius 3 is 1.81 bits per heavy atom. The lowest BCUT2D eigenvalue weighted by Crippen LogP contribution is -3.00. The normalized spacial score (nSPS) is 10.8. The molecule has 4 nitrogen and oxygen atoms in total. The standard InChI is InChI=1S/C25H25N4S.ClH/c1-20-19-30-25(28(20)2)27-26-23-13-15-24(16-14-23)29(17-21-9-5-3-6-10-21)18-22-11-7-4-8-12-22;/h3-16,19H,17-18H2,1-2H3;1H/q+1;/p-1. The first-order valence-electron chi connectivity index (χ1n) is 9.98. The maximum atomic E-state index is 4.42. The quantitative estimate of drug-likeness (QED) is 0.314. The van der Waals surface area contributed by atoms with Crippen LogP contribution < -0.4 is 21.9 Å². The molecule has 0 aliphatic carbocycles. The minimum Gasteiger partial charge on any atom is -1.00 e. The molecule has 1 aromatic heterocycles. The van der Waals surface area contributed by atoms with E-state index in [1.165, 1.54) is 22.5 Å². The van der Waals surface area contributed by atoms with Gasteiger partial charge in [0.1, 0.15) is 11.4 Å². The van der Waals surface area contributed by atoms with E-state index >= 15 is 0 Å². The molecule has 0 N–H and O–H groups in total. The van der Waals surface area contributed by atoms with Crippen LogP contribution in [0.15, 0.2) is 101 Å². The summed E-state index contributed by atoms with van der Waals surface area (Å²) in [6, 6.07) is 29.5. The van der Waals surface area contributed by atoms with Crippen molar-refractivity contribution in [1.82, 2.24) is 0 Å². The van der Waals surface area contributed by atoms with Crippen molar-refractivity contribution in [3.63, 3.8) is 0 Å². The van der Waals surface area contributed by atoms with Crippen molar-refractivity contribution in [2.75, 3.05) is 4.90 Å². The van der Waals surface area contributed by atoms with Crippen LogP contribution in [0.1, 0.15) is 16.8 Å². The molecular weight excluding hydrogens is 424 g/mol. The van der Waals surface area contributed by atoms with Crippen molar-refractivity contribution < 1.29 is 17.0 Å². The number of aromatic nitrogens is 1. The Kier molecular flexibility index (Phi) is 7.93. The van der Waals surface area contributed by atoms with Crippen LogP contribution in [0.25, 0.3) is 0 Å². The van der Waals surface area contributed by atoms with Gasteiger partial charge in [0.15, 0.2) is 0 Å². The molecule has 6 heteroatoms. The first-order valence-corrected chi connectivity index (χ1v) is 10.9. The van der Waals surface area contributed by atoms with Crippen LogP contribution in [0.4, 0.5) is 16.5 Å². The van der Waals surface area contributed by atoms with E-state index in [1.807, 2.05) is 23.7 Å². The lowest BCUT2D eigenvalue weighted by Gasteiger charge is -2.25. The van der Waals surface area contributed by atoms with E-state index in [2.05, 4.69) is 100 Å². The third kappa shape index (κ3) is 6.00. The summed E-state index contributed by atoms with van der Waals surface area (Å²) >= 11 is 1.60. The Balaban J connectivity index is 0.00000272. The molecule has 0 radical (unpaired) electrons. The molecule has 0 saturated heterocycles. The summed E-state index contributed by atoms with van der Waals surface area (Å²) in [5.41, 5.74) is 5.78. The van der Waals surface area contributed by atoms with E-state index in [9.17, 15) is 0 Å². The number of azo groups is 1. The predicted octanol–water partition coefficient (Wildman–Crippen LogP) is 3.51. The number of rotatable bonds is 7. The van der Waals surface area contributed by atoms with Crippen molar-refractivity contribution in [1.29, 1.82) is 0 Å².